The quantitative estimate of drug-likeness (QED) is 0.926. The number of aromatic amines is 1. The lowest BCUT2D eigenvalue weighted by Gasteiger charge is -2.23. The Kier molecular flexibility index (Phi) is 3.74. The van der Waals surface area contributed by atoms with E-state index in [0.29, 0.717) is 11.4 Å². The molecule has 0 aliphatic rings. The number of aryl methyl sites for hydroxylation is 2. The molecule has 1 N–H and O–H groups in total. The maximum atomic E-state index is 12.5. The van der Waals surface area contributed by atoms with Crippen LogP contribution in [0.1, 0.15) is 40.4 Å². The van der Waals surface area contributed by atoms with Crippen LogP contribution in [0.25, 0.3) is 0 Å². The molecule has 0 aromatic carbocycles. The molecule has 106 valence electrons. The Morgan fingerprint density at radius 3 is 2.70 bits per heavy atom. The van der Waals surface area contributed by atoms with Crippen molar-refractivity contribution in [2.75, 3.05) is 7.05 Å². The second-order valence-electron chi connectivity index (χ2n) is 4.83. The van der Waals surface area contributed by atoms with Crippen molar-refractivity contribution in [3.05, 3.63) is 51.3 Å². The minimum absolute atomic E-state index is 0.161. The minimum Gasteiger partial charge on any atom is -0.364 e. The second-order valence-corrected chi connectivity index (χ2v) is 4.83. The number of H-pyrrole nitrogens is 1. The number of amides is 1. The van der Waals surface area contributed by atoms with Crippen molar-refractivity contribution < 1.29 is 9.32 Å². The molecule has 0 spiro atoms. The summed E-state index contributed by atoms with van der Waals surface area (Å²) in [4.78, 5) is 29.0. The largest absolute Gasteiger partial charge is 0.364 e. The molecular formula is C14H17N3O3. The smallest absolute Gasteiger partial charge is 0.259 e. The van der Waals surface area contributed by atoms with Crippen molar-refractivity contribution in [1.82, 2.24) is 15.0 Å². The molecule has 0 bridgehead atoms. The number of rotatable bonds is 3. The molecule has 0 saturated carbocycles. The molecule has 20 heavy (non-hydrogen) atoms. The fraction of sp³-hybridized carbons (Fsp3) is 0.357. The van der Waals surface area contributed by atoms with Crippen LogP contribution >= 0.6 is 0 Å². The van der Waals surface area contributed by atoms with Crippen LogP contribution in [0.2, 0.25) is 0 Å². The lowest BCUT2D eigenvalue weighted by molar-refractivity contribution is 0.0735. The number of hydrogen-bond donors (Lipinski definition) is 1. The van der Waals surface area contributed by atoms with Gasteiger partial charge in [-0.05, 0) is 20.8 Å². The molecule has 2 aromatic rings. The van der Waals surface area contributed by atoms with Gasteiger partial charge in [0, 0.05) is 30.6 Å². The Balaban J connectivity index is 2.35. The van der Waals surface area contributed by atoms with E-state index < -0.39 is 0 Å². The number of aromatic nitrogens is 2. The van der Waals surface area contributed by atoms with E-state index in [9.17, 15) is 9.59 Å². The summed E-state index contributed by atoms with van der Waals surface area (Å²) in [7, 11) is 1.64. The predicted molar refractivity (Wildman–Crippen MR) is 73.5 cm³/mol. The molecule has 2 aromatic heterocycles. The lowest BCUT2D eigenvalue weighted by Crippen LogP contribution is -2.34. The number of nitrogens with zero attached hydrogens (tertiary/aromatic N) is 2. The summed E-state index contributed by atoms with van der Waals surface area (Å²) in [5.74, 6) is -0.334. The molecule has 1 unspecified atom stereocenters. The minimum atomic E-state index is -0.334. The highest BCUT2D eigenvalue weighted by molar-refractivity contribution is 5.95. The normalized spacial score (nSPS) is 12.2. The van der Waals surface area contributed by atoms with E-state index in [1.54, 1.807) is 27.0 Å². The van der Waals surface area contributed by atoms with E-state index >= 15 is 0 Å². The Hall–Kier alpha value is -2.37. The average Bonchev–Trinajstić information content (AvgIpc) is 2.89. The van der Waals surface area contributed by atoms with Crippen LogP contribution in [0.15, 0.2) is 27.7 Å². The van der Waals surface area contributed by atoms with Gasteiger partial charge < -0.3 is 14.4 Å². The number of carbonyl (C=O) groups excluding carboxylic acids is 1. The molecule has 0 saturated heterocycles. The molecule has 6 nitrogen and oxygen atoms in total. The van der Waals surface area contributed by atoms with Gasteiger partial charge in [0.2, 0.25) is 0 Å². The third-order valence-corrected chi connectivity index (χ3v) is 3.35. The van der Waals surface area contributed by atoms with Gasteiger partial charge >= 0.3 is 0 Å². The molecule has 2 rings (SSSR count). The van der Waals surface area contributed by atoms with Gasteiger partial charge in [-0.3, -0.25) is 9.59 Å². The number of nitrogens with one attached hydrogen (secondary N) is 1. The van der Waals surface area contributed by atoms with Gasteiger partial charge in [0.25, 0.3) is 5.91 Å². The van der Waals surface area contributed by atoms with Crippen molar-refractivity contribution in [3.63, 3.8) is 0 Å². The van der Waals surface area contributed by atoms with Gasteiger partial charge in [-0.1, -0.05) is 5.16 Å². The van der Waals surface area contributed by atoms with E-state index in [0.717, 1.165) is 5.69 Å². The summed E-state index contributed by atoms with van der Waals surface area (Å²) in [6, 6.07) is 2.84. The lowest BCUT2D eigenvalue weighted by atomic mass is 10.1. The van der Waals surface area contributed by atoms with Crippen LogP contribution in [0.4, 0.5) is 0 Å². The summed E-state index contributed by atoms with van der Waals surface area (Å²) in [6.07, 6.45) is 1.45. The highest BCUT2D eigenvalue weighted by Gasteiger charge is 2.24. The van der Waals surface area contributed by atoms with E-state index in [1.807, 2.05) is 6.92 Å². The molecule has 1 atom stereocenters. The Morgan fingerprint density at radius 2 is 2.15 bits per heavy atom. The zero-order valence-electron chi connectivity index (χ0n) is 11.9. The highest BCUT2D eigenvalue weighted by Crippen LogP contribution is 2.18. The molecule has 0 aliphatic carbocycles. The number of pyridine rings is 1. The maximum Gasteiger partial charge on any atom is 0.259 e. The van der Waals surface area contributed by atoms with Gasteiger partial charge in [-0.15, -0.1) is 0 Å². The van der Waals surface area contributed by atoms with Gasteiger partial charge in [-0.2, -0.15) is 0 Å². The van der Waals surface area contributed by atoms with Gasteiger partial charge in [0.15, 0.2) is 5.43 Å². The van der Waals surface area contributed by atoms with Crippen molar-refractivity contribution >= 4 is 5.91 Å². The van der Waals surface area contributed by atoms with Crippen LogP contribution in [-0.2, 0) is 0 Å². The van der Waals surface area contributed by atoms with Crippen LogP contribution in [0.3, 0.4) is 0 Å². The molecular weight excluding hydrogens is 258 g/mol. The van der Waals surface area contributed by atoms with Gasteiger partial charge in [0.05, 0.1) is 6.04 Å². The standard InChI is InChI=1S/C14H17N3O3/c1-8-7-12(18)13(9(2)15-8)14(19)17(4)10(3)11-5-6-20-16-11/h5-7,10H,1-4H3,(H,15,18). The number of carbonyl (C=O) groups is 1. The summed E-state index contributed by atoms with van der Waals surface area (Å²) in [5.41, 5.74) is 1.83. The molecule has 0 radical (unpaired) electrons. The molecule has 0 aliphatic heterocycles. The van der Waals surface area contributed by atoms with E-state index in [-0.39, 0.29) is 22.9 Å². The molecule has 1 amide bonds. The van der Waals surface area contributed by atoms with Crippen molar-refractivity contribution in [2.24, 2.45) is 0 Å². The topological polar surface area (TPSA) is 79.2 Å². The third-order valence-electron chi connectivity index (χ3n) is 3.35. The third kappa shape index (κ3) is 2.49. The monoisotopic (exact) mass is 275 g/mol. The van der Waals surface area contributed by atoms with E-state index in [4.69, 9.17) is 4.52 Å². The first kappa shape index (κ1) is 14.0. The highest BCUT2D eigenvalue weighted by atomic mass is 16.5. The fourth-order valence-electron chi connectivity index (χ4n) is 2.10. The van der Waals surface area contributed by atoms with Gasteiger partial charge in [0.1, 0.15) is 17.5 Å². The first-order valence-corrected chi connectivity index (χ1v) is 6.29. The van der Waals surface area contributed by atoms with Gasteiger partial charge in [-0.25, -0.2) is 0 Å². The first-order valence-electron chi connectivity index (χ1n) is 6.29. The first-order chi connectivity index (χ1) is 9.41. The molecule has 0 fully saturated rings. The zero-order chi connectivity index (χ0) is 14.9. The van der Waals surface area contributed by atoms with Crippen molar-refractivity contribution in [1.29, 1.82) is 0 Å². The van der Waals surface area contributed by atoms with Crippen LogP contribution in [0.5, 0.6) is 0 Å². The van der Waals surface area contributed by atoms with E-state index in [2.05, 4.69) is 10.1 Å². The van der Waals surface area contributed by atoms with Crippen LogP contribution < -0.4 is 5.43 Å². The summed E-state index contributed by atoms with van der Waals surface area (Å²) in [5, 5.41) is 3.82. The summed E-state index contributed by atoms with van der Waals surface area (Å²) in [6.45, 7) is 5.33. The Morgan fingerprint density at radius 1 is 1.45 bits per heavy atom. The Bertz CT molecular complexity index is 673. The maximum absolute atomic E-state index is 12.5. The second kappa shape index (κ2) is 5.32. The summed E-state index contributed by atoms with van der Waals surface area (Å²) < 4.78 is 4.78. The SMILES string of the molecule is Cc1cc(=O)c(C(=O)N(C)C(C)c2ccon2)c(C)[nH]1. The van der Waals surface area contributed by atoms with Crippen molar-refractivity contribution in [2.45, 2.75) is 26.8 Å². The molecule has 2 heterocycles. The van der Waals surface area contributed by atoms with Crippen molar-refractivity contribution in [3.8, 4) is 0 Å². The fourth-order valence-corrected chi connectivity index (χ4v) is 2.10. The zero-order valence-corrected chi connectivity index (χ0v) is 11.9. The van der Waals surface area contributed by atoms with E-state index in [1.165, 1.54) is 17.2 Å². The molecule has 6 heteroatoms. The van der Waals surface area contributed by atoms with Crippen LogP contribution in [-0.4, -0.2) is 28.0 Å². The number of hydrogen-bond acceptors (Lipinski definition) is 4. The average molecular weight is 275 g/mol. The predicted octanol–water partition coefficient (Wildman–Crippen LogP) is 1.81. The summed E-state index contributed by atoms with van der Waals surface area (Å²) >= 11 is 0. The van der Waals surface area contributed by atoms with Crippen LogP contribution in [0, 0.1) is 13.8 Å². The Labute approximate surface area is 116 Å².